The quantitative estimate of drug-likeness (QED) is 0.687. The van der Waals surface area contributed by atoms with Crippen molar-refractivity contribution in [3.63, 3.8) is 0 Å². The number of benzene rings is 2. The zero-order valence-electron chi connectivity index (χ0n) is 10.9. The summed E-state index contributed by atoms with van der Waals surface area (Å²) in [4.78, 5) is 21.2. The first-order valence-electron chi connectivity index (χ1n) is 5.85. The van der Waals surface area contributed by atoms with Crippen molar-refractivity contribution in [2.75, 3.05) is 0 Å². The van der Waals surface area contributed by atoms with Gasteiger partial charge in [-0.25, -0.2) is 9.18 Å². The number of hydrogen-bond acceptors (Lipinski definition) is 4. The molecule has 21 heavy (non-hydrogen) atoms. The van der Waals surface area contributed by atoms with E-state index in [1.54, 1.807) is 13.0 Å². The van der Waals surface area contributed by atoms with Gasteiger partial charge in [0, 0.05) is 6.07 Å². The molecule has 2 rings (SSSR count). The number of aryl methyl sites for hydroxylation is 1. The second kappa shape index (κ2) is 5.58. The Morgan fingerprint density at radius 2 is 2.05 bits per heavy atom. The summed E-state index contributed by atoms with van der Waals surface area (Å²) < 4.78 is 18.9. The molecule has 0 aliphatic rings. The zero-order chi connectivity index (χ0) is 15.6. The van der Waals surface area contributed by atoms with E-state index in [2.05, 4.69) is 0 Å². The van der Waals surface area contributed by atoms with Gasteiger partial charge in [0.15, 0.2) is 5.82 Å². The summed E-state index contributed by atoms with van der Waals surface area (Å²) in [5, 5.41) is 20.0. The number of nitro groups is 1. The fraction of sp³-hybridized carbons (Fsp3) is 0.0714. The molecule has 0 saturated heterocycles. The van der Waals surface area contributed by atoms with Crippen molar-refractivity contribution in [2.45, 2.75) is 6.92 Å². The summed E-state index contributed by atoms with van der Waals surface area (Å²) in [6.07, 6.45) is 0. The molecule has 7 heteroatoms. The van der Waals surface area contributed by atoms with Crippen molar-refractivity contribution >= 4 is 11.7 Å². The Balaban J connectivity index is 2.55. The van der Waals surface area contributed by atoms with Crippen LogP contribution in [0.4, 0.5) is 10.1 Å². The van der Waals surface area contributed by atoms with Crippen LogP contribution in [0.3, 0.4) is 0 Å². The topological polar surface area (TPSA) is 89.7 Å². The number of nitro benzene ring substituents is 1. The number of para-hydroxylation sites is 1. The Hall–Kier alpha value is -2.96. The van der Waals surface area contributed by atoms with Crippen LogP contribution in [-0.4, -0.2) is 16.0 Å². The Labute approximate surface area is 118 Å². The van der Waals surface area contributed by atoms with Gasteiger partial charge in [-0.3, -0.25) is 10.1 Å². The van der Waals surface area contributed by atoms with Crippen molar-refractivity contribution in [3.8, 4) is 11.5 Å². The smallest absolute Gasteiger partial charge is 0.339 e. The predicted octanol–water partition coefficient (Wildman–Crippen LogP) is 3.53. The number of nitrogens with zero attached hydrogens (tertiary/aromatic N) is 1. The van der Waals surface area contributed by atoms with E-state index in [-0.39, 0.29) is 11.3 Å². The fourth-order valence-electron chi connectivity index (χ4n) is 1.74. The highest BCUT2D eigenvalue weighted by molar-refractivity contribution is 5.91. The van der Waals surface area contributed by atoms with E-state index >= 15 is 0 Å². The summed E-state index contributed by atoms with van der Waals surface area (Å²) in [6, 6.07) is 7.47. The van der Waals surface area contributed by atoms with Crippen molar-refractivity contribution in [2.24, 2.45) is 0 Å². The van der Waals surface area contributed by atoms with Gasteiger partial charge in [-0.05, 0) is 30.7 Å². The number of hydrogen-bond donors (Lipinski definition) is 1. The van der Waals surface area contributed by atoms with Crippen molar-refractivity contribution < 1.29 is 24.0 Å². The minimum Gasteiger partial charge on any atom is -0.478 e. The third-order valence-electron chi connectivity index (χ3n) is 2.72. The lowest BCUT2D eigenvalue weighted by atomic mass is 10.1. The molecule has 0 spiro atoms. The lowest BCUT2D eigenvalue weighted by molar-refractivity contribution is -0.385. The zero-order valence-corrected chi connectivity index (χ0v) is 10.9. The Morgan fingerprint density at radius 1 is 1.33 bits per heavy atom. The average Bonchev–Trinajstić information content (AvgIpc) is 2.40. The first-order valence-corrected chi connectivity index (χ1v) is 5.85. The van der Waals surface area contributed by atoms with E-state index < -0.39 is 28.1 Å². The number of carboxylic acids is 1. The van der Waals surface area contributed by atoms with Crippen LogP contribution in [0.25, 0.3) is 0 Å². The lowest BCUT2D eigenvalue weighted by Crippen LogP contribution is -2.02. The van der Waals surface area contributed by atoms with Crippen LogP contribution < -0.4 is 4.74 Å². The van der Waals surface area contributed by atoms with Crippen LogP contribution >= 0.6 is 0 Å². The molecule has 0 bridgehead atoms. The van der Waals surface area contributed by atoms with Gasteiger partial charge in [0.1, 0.15) is 11.3 Å². The first kappa shape index (κ1) is 14.4. The van der Waals surface area contributed by atoms with Gasteiger partial charge >= 0.3 is 11.7 Å². The van der Waals surface area contributed by atoms with E-state index in [1.165, 1.54) is 18.2 Å². The SMILES string of the molecule is Cc1ccc(C(=O)O)c(Oc2c(F)cccc2[N+](=O)[O-])c1. The van der Waals surface area contributed by atoms with E-state index in [0.29, 0.717) is 5.56 Å². The van der Waals surface area contributed by atoms with Gasteiger partial charge in [-0.15, -0.1) is 0 Å². The molecule has 0 aliphatic carbocycles. The minimum atomic E-state index is -1.27. The molecular weight excluding hydrogens is 281 g/mol. The highest BCUT2D eigenvalue weighted by atomic mass is 19.1. The predicted molar refractivity (Wildman–Crippen MR) is 71.3 cm³/mol. The monoisotopic (exact) mass is 291 g/mol. The maximum Gasteiger partial charge on any atom is 0.339 e. The van der Waals surface area contributed by atoms with Crippen molar-refractivity contribution in [1.82, 2.24) is 0 Å². The van der Waals surface area contributed by atoms with Crippen molar-refractivity contribution in [1.29, 1.82) is 0 Å². The van der Waals surface area contributed by atoms with Gasteiger partial charge in [0.25, 0.3) is 0 Å². The van der Waals surface area contributed by atoms with Crippen LogP contribution in [0.15, 0.2) is 36.4 Å². The number of aromatic carboxylic acids is 1. The second-order valence-electron chi connectivity index (χ2n) is 4.25. The Bertz CT molecular complexity index is 729. The third-order valence-corrected chi connectivity index (χ3v) is 2.72. The van der Waals surface area contributed by atoms with Gasteiger partial charge in [-0.1, -0.05) is 12.1 Å². The van der Waals surface area contributed by atoms with E-state index in [0.717, 1.165) is 12.1 Å². The summed E-state index contributed by atoms with van der Waals surface area (Å²) in [7, 11) is 0. The number of ether oxygens (including phenoxy) is 1. The maximum absolute atomic E-state index is 13.8. The molecule has 6 nitrogen and oxygen atoms in total. The normalized spacial score (nSPS) is 10.2. The van der Waals surface area contributed by atoms with E-state index in [9.17, 15) is 19.3 Å². The van der Waals surface area contributed by atoms with Gasteiger partial charge < -0.3 is 9.84 Å². The average molecular weight is 291 g/mol. The van der Waals surface area contributed by atoms with Gasteiger partial charge in [0.2, 0.25) is 5.75 Å². The van der Waals surface area contributed by atoms with E-state index in [1.807, 2.05) is 0 Å². The van der Waals surface area contributed by atoms with Crippen LogP contribution in [0.2, 0.25) is 0 Å². The number of carboxylic acid groups (broad SMARTS) is 1. The molecule has 0 amide bonds. The Morgan fingerprint density at radius 3 is 2.67 bits per heavy atom. The first-order chi connectivity index (χ1) is 9.90. The van der Waals surface area contributed by atoms with Crippen LogP contribution in [-0.2, 0) is 0 Å². The second-order valence-corrected chi connectivity index (χ2v) is 4.25. The molecule has 0 aromatic heterocycles. The molecule has 2 aromatic carbocycles. The molecule has 0 heterocycles. The molecular formula is C14H10FNO5. The maximum atomic E-state index is 13.8. The summed E-state index contributed by atoms with van der Waals surface area (Å²) in [6.45, 7) is 1.69. The largest absolute Gasteiger partial charge is 0.478 e. The third kappa shape index (κ3) is 2.97. The van der Waals surface area contributed by atoms with Gasteiger partial charge in [-0.2, -0.15) is 0 Å². The number of halogens is 1. The standard InChI is InChI=1S/C14H10FNO5/c1-8-5-6-9(14(17)18)12(7-8)21-13-10(15)3-2-4-11(13)16(19)20/h2-7H,1H3,(H,17,18). The summed E-state index contributed by atoms with van der Waals surface area (Å²) in [5.41, 5.74) is -0.111. The highest BCUT2D eigenvalue weighted by Crippen LogP contribution is 2.35. The molecule has 0 atom stereocenters. The molecule has 0 saturated carbocycles. The van der Waals surface area contributed by atoms with E-state index in [4.69, 9.17) is 9.84 Å². The number of carbonyl (C=O) groups is 1. The van der Waals surface area contributed by atoms with Crippen LogP contribution in [0, 0.1) is 22.9 Å². The highest BCUT2D eigenvalue weighted by Gasteiger charge is 2.22. The summed E-state index contributed by atoms with van der Waals surface area (Å²) in [5.74, 6) is -2.99. The molecule has 0 radical (unpaired) electrons. The lowest BCUT2D eigenvalue weighted by Gasteiger charge is -2.10. The number of rotatable bonds is 4. The molecule has 0 fully saturated rings. The van der Waals surface area contributed by atoms with Crippen LogP contribution in [0.5, 0.6) is 11.5 Å². The molecule has 0 aliphatic heterocycles. The minimum absolute atomic E-state index is 0.157. The molecule has 0 unspecified atom stereocenters. The molecule has 1 N–H and O–H groups in total. The van der Waals surface area contributed by atoms with Crippen LogP contribution in [0.1, 0.15) is 15.9 Å². The molecule has 2 aromatic rings. The van der Waals surface area contributed by atoms with Crippen molar-refractivity contribution in [3.05, 3.63) is 63.5 Å². The van der Waals surface area contributed by atoms with Gasteiger partial charge in [0.05, 0.1) is 4.92 Å². The summed E-state index contributed by atoms with van der Waals surface area (Å²) >= 11 is 0. The Kier molecular flexibility index (Phi) is 3.84. The molecule has 108 valence electrons. The fourth-order valence-corrected chi connectivity index (χ4v) is 1.74.